The fraction of sp³-hybridized carbons (Fsp3) is 0.238. The summed E-state index contributed by atoms with van der Waals surface area (Å²) in [7, 11) is 0. The molecular formula is C21H20N2O5S. The van der Waals surface area contributed by atoms with E-state index in [0.717, 1.165) is 9.80 Å². The molecule has 0 aromatic heterocycles. The van der Waals surface area contributed by atoms with E-state index in [-0.39, 0.29) is 30.7 Å². The monoisotopic (exact) mass is 412 g/mol. The number of carbonyl (C=O) groups is 4. The molecule has 0 aliphatic carbocycles. The minimum atomic E-state index is -0.529. The normalized spacial score (nSPS) is 16.1. The fourth-order valence-corrected chi connectivity index (χ4v) is 3.97. The summed E-state index contributed by atoms with van der Waals surface area (Å²) >= 11 is 1.30. The average molecular weight is 412 g/mol. The van der Waals surface area contributed by atoms with Gasteiger partial charge in [-0.3, -0.25) is 14.4 Å². The van der Waals surface area contributed by atoms with Gasteiger partial charge in [0, 0.05) is 23.9 Å². The van der Waals surface area contributed by atoms with Crippen molar-refractivity contribution in [2.45, 2.75) is 30.4 Å². The van der Waals surface area contributed by atoms with Crippen LogP contribution in [-0.2, 0) is 19.1 Å². The van der Waals surface area contributed by atoms with E-state index in [1.165, 1.54) is 30.8 Å². The molecule has 29 heavy (non-hydrogen) atoms. The number of anilines is 2. The fourth-order valence-electron chi connectivity index (χ4n) is 2.91. The number of nitrogens with zero attached hydrogens (tertiary/aromatic N) is 1. The molecule has 0 spiro atoms. The number of carbonyl (C=O) groups excluding carboxylic acids is 4. The number of thioether (sulfide) groups is 1. The number of hydrogen-bond donors (Lipinski definition) is 1. The molecule has 1 N–H and O–H groups in total. The van der Waals surface area contributed by atoms with Crippen LogP contribution in [-0.4, -0.2) is 35.5 Å². The molecule has 1 atom stereocenters. The first-order valence-corrected chi connectivity index (χ1v) is 9.95. The van der Waals surface area contributed by atoms with Gasteiger partial charge in [0.2, 0.25) is 17.7 Å². The van der Waals surface area contributed by atoms with Crippen molar-refractivity contribution in [1.82, 2.24) is 0 Å². The molecule has 0 radical (unpaired) electrons. The van der Waals surface area contributed by atoms with Crippen molar-refractivity contribution in [3.63, 3.8) is 0 Å². The largest absolute Gasteiger partial charge is 0.462 e. The molecule has 1 aliphatic heterocycles. The average Bonchev–Trinajstić information content (AvgIpc) is 2.96. The first kappa shape index (κ1) is 20.6. The lowest BCUT2D eigenvalue weighted by Crippen LogP contribution is -2.31. The topological polar surface area (TPSA) is 92.8 Å². The summed E-state index contributed by atoms with van der Waals surface area (Å²) in [4.78, 5) is 50.0. The zero-order valence-electron chi connectivity index (χ0n) is 16.0. The second-order valence-electron chi connectivity index (χ2n) is 6.35. The third-order valence-electron chi connectivity index (χ3n) is 4.19. The van der Waals surface area contributed by atoms with Crippen molar-refractivity contribution < 1.29 is 23.9 Å². The van der Waals surface area contributed by atoms with Crippen LogP contribution in [0.2, 0.25) is 0 Å². The Bertz CT molecular complexity index is 941. The number of rotatable bonds is 6. The lowest BCUT2D eigenvalue weighted by atomic mass is 10.2. The molecule has 150 valence electrons. The van der Waals surface area contributed by atoms with Crippen LogP contribution in [0.5, 0.6) is 0 Å². The third-order valence-corrected chi connectivity index (χ3v) is 5.39. The molecular weight excluding hydrogens is 392 g/mol. The molecule has 7 nitrogen and oxygen atoms in total. The van der Waals surface area contributed by atoms with Crippen LogP contribution in [0.1, 0.15) is 30.6 Å². The Balaban J connectivity index is 1.69. The summed E-state index contributed by atoms with van der Waals surface area (Å²) in [6, 6.07) is 13.3. The van der Waals surface area contributed by atoms with Crippen molar-refractivity contribution in [2.75, 3.05) is 16.8 Å². The smallest absolute Gasteiger partial charge is 0.338 e. The van der Waals surface area contributed by atoms with Crippen LogP contribution in [0, 0.1) is 0 Å². The SMILES string of the molecule is CCOC(=O)c1ccc(N2C(=O)CC(Sc3ccc(NC(C)=O)cc3)C2=O)cc1. The summed E-state index contributed by atoms with van der Waals surface area (Å²) in [5.41, 5.74) is 1.45. The molecule has 1 heterocycles. The van der Waals surface area contributed by atoms with Gasteiger partial charge in [-0.15, -0.1) is 11.8 Å². The summed E-state index contributed by atoms with van der Waals surface area (Å²) < 4.78 is 4.94. The molecule has 3 rings (SSSR count). The number of imide groups is 1. The minimum absolute atomic E-state index is 0.0938. The molecule has 1 saturated heterocycles. The van der Waals surface area contributed by atoms with E-state index < -0.39 is 11.2 Å². The van der Waals surface area contributed by atoms with Crippen molar-refractivity contribution in [1.29, 1.82) is 0 Å². The second kappa shape index (κ2) is 8.91. The lowest BCUT2D eigenvalue weighted by Gasteiger charge is -2.15. The van der Waals surface area contributed by atoms with E-state index in [1.54, 1.807) is 43.3 Å². The second-order valence-corrected chi connectivity index (χ2v) is 7.63. The molecule has 2 aromatic rings. The Kier molecular flexibility index (Phi) is 6.33. The zero-order chi connectivity index (χ0) is 21.0. The van der Waals surface area contributed by atoms with Crippen molar-refractivity contribution in [3.8, 4) is 0 Å². The standard InChI is InChI=1S/C21H20N2O5S/c1-3-28-21(27)14-4-8-16(9-5-14)23-19(25)12-18(20(23)26)29-17-10-6-15(7-11-17)22-13(2)24/h4-11,18H,3,12H2,1-2H3,(H,22,24). The molecule has 1 fully saturated rings. The molecule has 2 aromatic carbocycles. The van der Waals surface area contributed by atoms with E-state index in [0.29, 0.717) is 16.9 Å². The van der Waals surface area contributed by atoms with Gasteiger partial charge in [-0.25, -0.2) is 9.69 Å². The first-order valence-electron chi connectivity index (χ1n) is 9.07. The predicted octanol–water partition coefficient (Wildman–Crippen LogP) is 3.25. The van der Waals surface area contributed by atoms with Gasteiger partial charge in [0.25, 0.3) is 0 Å². The van der Waals surface area contributed by atoms with Gasteiger partial charge in [-0.05, 0) is 55.5 Å². The van der Waals surface area contributed by atoms with Crippen LogP contribution in [0.3, 0.4) is 0 Å². The van der Waals surface area contributed by atoms with Crippen LogP contribution < -0.4 is 10.2 Å². The van der Waals surface area contributed by atoms with Crippen LogP contribution in [0.25, 0.3) is 0 Å². The highest BCUT2D eigenvalue weighted by molar-refractivity contribution is 8.00. The maximum atomic E-state index is 12.8. The Hall–Kier alpha value is -3.13. The summed E-state index contributed by atoms with van der Waals surface area (Å²) in [6.07, 6.45) is 0.0938. The number of benzene rings is 2. The highest BCUT2D eigenvalue weighted by Gasteiger charge is 2.40. The van der Waals surface area contributed by atoms with Gasteiger partial charge in [-0.1, -0.05) is 0 Å². The number of ether oxygens (including phenoxy) is 1. The van der Waals surface area contributed by atoms with Crippen molar-refractivity contribution >= 4 is 46.8 Å². The lowest BCUT2D eigenvalue weighted by molar-refractivity contribution is -0.121. The van der Waals surface area contributed by atoms with Crippen LogP contribution in [0.4, 0.5) is 11.4 Å². The van der Waals surface area contributed by atoms with E-state index in [4.69, 9.17) is 4.74 Å². The number of nitrogens with one attached hydrogen (secondary N) is 1. The maximum absolute atomic E-state index is 12.8. The third kappa shape index (κ3) is 4.83. The highest BCUT2D eigenvalue weighted by atomic mass is 32.2. The number of amides is 3. The van der Waals surface area contributed by atoms with E-state index in [9.17, 15) is 19.2 Å². The molecule has 1 unspecified atom stereocenters. The first-order chi connectivity index (χ1) is 13.9. The Morgan fingerprint density at radius 1 is 1.10 bits per heavy atom. The Morgan fingerprint density at radius 2 is 1.76 bits per heavy atom. The van der Waals surface area contributed by atoms with Gasteiger partial charge in [0.05, 0.1) is 23.1 Å². The van der Waals surface area contributed by atoms with Gasteiger partial charge < -0.3 is 10.1 Å². The minimum Gasteiger partial charge on any atom is -0.462 e. The Morgan fingerprint density at radius 3 is 2.34 bits per heavy atom. The molecule has 0 saturated carbocycles. The van der Waals surface area contributed by atoms with Crippen molar-refractivity contribution in [2.24, 2.45) is 0 Å². The summed E-state index contributed by atoms with van der Waals surface area (Å²) in [5.74, 6) is -1.19. The molecule has 8 heteroatoms. The summed E-state index contributed by atoms with van der Waals surface area (Å²) in [5, 5.41) is 2.15. The van der Waals surface area contributed by atoms with Gasteiger partial charge in [0.15, 0.2) is 0 Å². The highest BCUT2D eigenvalue weighted by Crippen LogP contribution is 2.34. The van der Waals surface area contributed by atoms with E-state index in [2.05, 4.69) is 5.32 Å². The molecule has 1 aliphatic rings. The maximum Gasteiger partial charge on any atom is 0.338 e. The van der Waals surface area contributed by atoms with E-state index >= 15 is 0 Å². The van der Waals surface area contributed by atoms with Crippen LogP contribution >= 0.6 is 11.8 Å². The number of hydrogen-bond acceptors (Lipinski definition) is 6. The molecule has 0 bridgehead atoms. The summed E-state index contributed by atoms with van der Waals surface area (Å²) in [6.45, 7) is 3.42. The number of esters is 1. The molecule has 3 amide bonds. The predicted molar refractivity (Wildman–Crippen MR) is 110 cm³/mol. The van der Waals surface area contributed by atoms with Gasteiger partial charge in [-0.2, -0.15) is 0 Å². The van der Waals surface area contributed by atoms with Gasteiger partial charge >= 0.3 is 5.97 Å². The van der Waals surface area contributed by atoms with Crippen LogP contribution in [0.15, 0.2) is 53.4 Å². The quantitative estimate of drug-likeness (QED) is 0.578. The van der Waals surface area contributed by atoms with Gasteiger partial charge in [0.1, 0.15) is 0 Å². The zero-order valence-corrected chi connectivity index (χ0v) is 16.8. The van der Waals surface area contributed by atoms with E-state index in [1.807, 2.05) is 0 Å². The van der Waals surface area contributed by atoms with Crippen molar-refractivity contribution in [3.05, 3.63) is 54.1 Å². The Labute approximate surface area is 172 Å².